The van der Waals surface area contributed by atoms with E-state index in [9.17, 15) is 13.2 Å². The second kappa shape index (κ2) is 7.99. The number of hydrogen-bond donors (Lipinski definition) is 1. The average molecular weight is 375 g/mol. The average Bonchev–Trinajstić information content (AvgIpc) is 3.02. The van der Waals surface area contributed by atoms with E-state index in [1.54, 1.807) is 12.2 Å². The molecule has 0 spiro atoms. The molecule has 2 aromatic rings. The molecule has 1 fully saturated rings. The number of aromatic nitrogens is 2. The van der Waals surface area contributed by atoms with Crippen molar-refractivity contribution >= 4 is 24.6 Å². The van der Waals surface area contributed by atoms with Crippen LogP contribution in [0.3, 0.4) is 0 Å². The maximum atomic E-state index is 12.5. The Morgan fingerprint density at radius 2 is 1.96 bits per heavy atom. The molecule has 1 atom stereocenters. The maximum Gasteiger partial charge on any atom is 0.416 e. The summed E-state index contributed by atoms with van der Waals surface area (Å²) in [5.74, 6) is 0.917. The summed E-state index contributed by atoms with van der Waals surface area (Å²) >= 11 is 0. The van der Waals surface area contributed by atoms with Crippen LogP contribution in [0.25, 0.3) is 12.2 Å². The van der Waals surface area contributed by atoms with Crippen molar-refractivity contribution in [3.05, 3.63) is 47.1 Å². The summed E-state index contributed by atoms with van der Waals surface area (Å²) in [5.41, 5.74) is -0.0493. The lowest BCUT2D eigenvalue weighted by molar-refractivity contribution is -0.137. The third-order valence-corrected chi connectivity index (χ3v) is 3.92. The van der Waals surface area contributed by atoms with Crippen LogP contribution >= 0.6 is 12.4 Å². The van der Waals surface area contributed by atoms with Gasteiger partial charge in [-0.2, -0.15) is 18.2 Å². The van der Waals surface area contributed by atoms with Crippen LogP contribution < -0.4 is 5.32 Å². The highest BCUT2D eigenvalue weighted by atomic mass is 35.5. The normalized spacial score (nSPS) is 19.1. The SMILES string of the molecule is CN1CCNCC1c1noc(/C=C/c2ccc(C(F)(F)F)cc2)n1.Cl. The quantitative estimate of drug-likeness (QED) is 0.893. The molecule has 0 amide bonds. The molecule has 1 aliphatic heterocycles. The zero-order valence-corrected chi connectivity index (χ0v) is 14.3. The zero-order valence-electron chi connectivity index (χ0n) is 13.5. The molecular formula is C16H18ClF3N4O. The lowest BCUT2D eigenvalue weighted by Gasteiger charge is -2.30. The molecule has 0 saturated carbocycles. The Kier molecular flexibility index (Phi) is 6.21. The number of rotatable bonds is 3. The van der Waals surface area contributed by atoms with E-state index < -0.39 is 11.7 Å². The van der Waals surface area contributed by atoms with Crippen molar-refractivity contribution in [2.45, 2.75) is 12.2 Å². The molecule has 0 aliphatic carbocycles. The minimum atomic E-state index is -4.33. The number of nitrogens with one attached hydrogen (secondary N) is 1. The van der Waals surface area contributed by atoms with Gasteiger partial charge >= 0.3 is 6.18 Å². The summed E-state index contributed by atoms with van der Waals surface area (Å²) in [7, 11) is 2.00. The first kappa shape index (κ1) is 19.4. The van der Waals surface area contributed by atoms with Crippen LogP contribution in [-0.4, -0.2) is 41.7 Å². The van der Waals surface area contributed by atoms with Gasteiger partial charge in [0.05, 0.1) is 11.6 Å². The fourth-order valence-electron chi connectivity index (χ4n) is 2.50. The fourth-order valence-corrected chi connectivity index (χ4v) is 2.50. The highest BCUT2D eigenvalue weighted by Gasteiger charge is 2.29. The van der Waals surface area contributed by atoms with Crippen LogP contribution in [0.2, 0.25) is 0 Å². The van der Waals surface area contributed by atoms with E-state index in [0.717, 1.165) is 31.8 Å². The Hall–Kier alpha value is -1.90. The highest BCUT2D eigenvalue weighted by molar-refractivity contribution is 5.85. The van der Waals surface area contributed by atoms with Gasteiger partial charge in [-0.15, -0.1) is 12.4 Å². The lowest BCUT2D eigenvalue weighted by atomic mass is 10.1. The van der Waals surface area contributed by atoms with E-state index in [4.69, 9.17) is 4.52 Å². The predicted octanol–water partition coefficient (Wildman–Crippen LogP) is 3.26. The minimum absolute atomic E-state index is 0. The van der Waals surface area contributed by atoms with E-state index >= 15 is 0 Å². The van der Waals surface area contributed by atoms with Gasteiger partial charge in [-0.1, -0.05) is 17.3 Å². The third kappa shape index (κ3) is 4.81. The van der Waals surface area contributed by atoms with Gasteiger partial charge in [-0.3, -0.25) is 4.90 Å². The maximum absolute atomic E-state index is 12.5. The Morgan fingerprint density at radius 3 is 2.60 bits per heavy atom. The minimum Gasteiger partial charge on any atom is -0.335 e. The molecule has 1 N–H and O–H groups in total. The summed E-state index contributed by atoms with van der Waals surface area (Å²) in [5, 5.41) is 7.26. The Balaban J connectivity index is 0.00000225. The number of benzene rings is 1. The van der Waals surface area contributed by atoms with Crippen molar-refractivity contribution in [2.75, 3.05) is 26.7 Å². The van der Waals surface area contributed by atoms with Crippen LogP contribution in [0.1, 0.15) is 28.9 Å². The second-order valence-electron chi connectivity index (χ2n) is 5.64. The van der Waals surface area contributed by atoms with Crippen molar-refractivity contribution in [3.63, 3.8) is 0 Å². The van der Waals surface area contributed by atoms with Crippen molar-refractivity contribution in [1.82, 2.24) is 20.4 Å². The summed E-state index contributed by atoms with van der Waals surface area (Å²) < 4.78 is 42.7. The number of alkyl halides is 3. The van der Waals surface area contributed by atoms with Crippen molar-refractivity contribution in [2.24, 2.45) is 0 Å². The number of halogens is 4. The molecule has 2 heterocycles. The third-order valence-electron chi connectivity index (χ3n) is 3.92. The summed E-state index contributed by atoms with van der Waals surface area (Å²) in [6.45, 7) is 2.57. The van der Waals surface area contributed by atoms with Gasteiger partial charge in [0.25, 0.3) is 5.89 Å². The number of piperazine rings is 1. The van der Waals surface area contributed by atoms with E-state index in [1.807, 2.05) is 7.05 Å². The second-order valence-corrected chi connectivity index (χ2v) is 5.64. The van der Waals surface area contributed by atoms with Crippen LogP contribution in [0.4, 0.5) is 13.2 Å². The monoisotopic (exact) mass is 374 g/mol. The molecule has 1 unspecified atom stereocenters. The first-order valence-corrected chi connectivity index (χ1v) is 7.53. The van der Waals surface area contributed by atoms with Crippen molar-refractivity contribution in [1.29, 1.82) is 0 Å². The molecule has 0 radical (unpaired) electrons. The molecule has 1 aliphatic rings. The molecule has 1 aromatic carbocycles. The fraction of sp³-hybridized carbons (Fsp3) is 0.375. The van der Waals surface area contributed by atoms with E-state index in [-0.39, 0.29) is 18.4 Å². The Morgan fingerprint density at radius 1 is 1.24 bits per heavy atom. The van der Waals surface area contributed by atoms with Gasteiger partial charge in [0.2, 0.25) is 0 Å². The summed E-state index contributed by atoms with van der Waals surface area (Å²) in [4.78, 5) is 6.47. The van der Waals surface area contributed by atoms with Gasteiger partial charge in [0.1, 0.15) is 0 Å². The van der Waals surface area contributed by atoms with Gasteiger partial charge in [-0.05, 0) is 30.8 Å². The molecule has 9 heteroatoms. The van der Waals surface area contributed by atoms with Crippen LogP contribution in [0.5, 0.6) is 0 Å². The first-order valence-electron chi connectivity index (χ1n) is 7.53. The molecule has 3 rings (SSSR count). The number of likely N-dealkylation sites (N-methyl/N-ethyl adjacent to an activating group) is 1. The van der Waals surface area contributed by atoms with Crippen LogP contribution in [0.15, 0.2) is 28.8 Å². The molecular weight excluding hydrogens is 357 g/mol. The molecule has 136 valence electrons. The van der Waals surface area contributed by atoms with Gasteiger partial charge in [0, 0.05) is 25.7 Å². The largest absolute Gasteiger partial charge is 0.416 e. The zero-order chi connectivity index (χ0) is 17.2. The summed E-state index contributed by atoms with van der Waals surface area (Å²) in [6.07, 6.45) is -1.10. The molecule has 25 heavy (non-hydrogen) atoms. The number of hydrogen-bond acceptors (Lipinski definition) is 5. The van der Waals surface area contributed by atoms with Gasteiger partial charge in [-0.25, -0.2) is 0 Å². The van der Waals surface area contributed by atoms with E-state index in [2.05, 4.69) is 20.4 Å². The topological polar surface area (TPSA) is 54.2 Å². The molecule has 5 nitrogen and oxygen atoms in total. The van der Waals surface area contributed by atoms with Gasteiger partial charge < -0.3 is 9.84 Å². The smallest absolute Gasteiger partial charge is 0.335 e. The summed E-state index contributed by atoms with van der Waals surface area (Å²) in [6, 6.07) is 4.93. The van der Waals surface area contributed by atoms with E-state index in [0.29, 0.717) is 17.3 Å². The number of nitrogens with zero attached hydrogens (tertiary/aromatic N) is 3. The Labute approximate surface area is 149 Å². The van der Waals surface area contributed by atoms with Gasteiger partial charge in [0.15, 0.2) is 5.82 Å². The van der Waals surface area contributed by atoms with E-state index in [1.165, 1.54) is 12.1 Å². The van der Waals surface area contributed by atoms with Crippen LogP contribution in [-0.2, 0) is 6.18 Å². The standard InChI is InChI=1S/C16H17F3N4O.ClH/c1-23-9-8-20-10-13(23)15-21-14(24-22-15)7-4-11-2-5-12(6-3-11)16(17,18)19;/h2-7,13,20H,8-10H2,1H3;1H/b7-4+;. The Bertz CT molecular complexity index is 715. The highest BCUT2D eigenvalue weighted by Crippen LogP contribution is 2.29. The van der Waals surface area contributed by atoms with Crippen molar-refractivity contribution < 1.29 is 17.7 Å². The first-order chi connectivity index (χ1) is 11.4. The molecule has 1 saturated heterocycles. The van der Waals surface area contributed by atoms with Crippen molar-refractivity contribution in [3.8, 4) is 0 Å². The van der Waals surface area contributed by atoms with Crippen LogP contribution in [0, 0.1) is 0 Å². The predicted molar refractivity (Wildman–Crippen MR) is 90.2 cm³/mol. The molecule has 1 aromatic heterocycles. The lowest BCUT2D eigenvalue weighted by Crippen LogP contribution is -2.44. The molecule has 0 bridgehead atoms.